The number of nitrogens with one attached hydrogen (secondary N) is 1. The van der Waals surface area contributed by atoms with Crippen molar-refractivity contribution in [1.29, 1.82) is 0 Å². The zero-order valence-electron chi connectivity index (χ0n) is 15.6. The number of carbonyl (C=O) groups excluding carboxylic acids is 1. The largest absolute Gasteiger partial charge is 0.326 e. The van der Waals surface area contributed by atoms with Gasteiger partial charge in [-0.2, -0.15) is 0 Å². The van der Waals surface area contributed by atoms with E-state index in [0.717, 1.165) is 25.7 Å². The van der Waals surface area contributed by atoms with Crippen molar-refractivity contribution in [2.75, 3.05) is 18.4 Å². The first kappa shape index (κ1) is 20.0. The van der Waals surface area contributed by atoms with E-state index < -0.39 is 10.0 Å². The molecular formula is C20H26N2O3S2. The molecule has 0 atom stereocenters. The number of anilines is 1. The van der Waals surface area contributed by atoms with Gasteiger partial charge in [-0.15, -0.1) is 11.3 Å². The van der Waals surface area contributed by atoms with Gasteiger partial charge in [0, 0.05) is 35.0 Å². The molecule has 1 aliphatic rings. The molecule has 1 amide bonds. The maximum absolute atomic E-state index is 12.5. The molecule has 5 nitrogen and oxygen atoms in total. The molecule has 2 heterocycles. The van der Waals surface area contributed by atoms with E-state index in [4.69, 9.17) is 0 Å². The number of carbonyl (C=O) groups is 1. The van der Waals surface area contributed by atoms with Crippen LogP contribution in [-0.4, -0.2) is 31.7 Å². The molecule has 0 radical (unpaired) electrons. The third-order valence-electron chi connectivity index (χ3n) is 4.64. The quantitative estimate of drug-likeness (QED) is 0.722. The summed E-state index contributed by atoms with van der Waals surface area (Å²) in [4.78, 5) is 14.8. The highest BCUT2D eigenvalue weighted by Gasteiger charge is 2.25. The summed E-state index contributed by atoms with van der Waals surface area (Å²) in [5.41, 5.74) is 1.36. The Morgan fingerprint density at radius 3 is 2.67 bits per heavy atom. The van der Waals surface area contributed by atoms with E-state index in [2.05, 4.69) is 24.4 Å². The molecule has 1 aromatic carbocycles. The Morgan fingerprint density at radius 2 is 1.96 bits per heavy atom. The number of thiophene rings is 1. The van der Waals surface area contributed by atoms with Gasteiger partial charge in [-0.3, -0.25) is 4.79 Å². The second-order valence-corrected chi connectivity index (χ2v) is 10.3. The van der Waals surface area contributed by atoms with Crippen LogP contribution in [0.25, 0.3) is 0 Å². The highest BCUT2D eigenvalue weighted by Crippen LogP contribution is 2.20. The average molecular weight is 407 g/mol. The lowest BCUT2D eigenvalue weighted by molar-refractivity contribution is -0.116. The van der Waals surface area contributed by atoms with E-state index in [-0.39, 0.29) is 11.7 Å². The molecule has 3 rings (SSSR count). The highest BCUT2D eigenvalue weighted by molar-refractivity contribution is 7.88. The molecule has 0 saturated carbocycles. The number of benzene rings is 1. The summed E-state index contributed by atoms with van der Waals surface area (Å²) < 4.78 is 26.5. The Balaban J connectivity index is 1.51. The number of nitrogens with zero attached hydrogens (tertiary/aromatic N) is 1. The van der Waals surface area contributed by atoms with Crippen LogP contribution in [0.2, 0.25) is 0 Å². The monoisotopic (exact) mass is 406 g/mol. The van der Waals surface area contributed by atoms with Gasteiger partial charge in [0.25, 0.3) is 0 Å². The second-order valence-electron chi connectivity index (χ2n) is 6.98. The molecule has 0 aliphatic carbocycles. The Labute approximate surface area is 165 Å². The molecule has 1 fully saturated rings. The van der Waals surface area contributed by atoms with Gasteiger partial charge in [0.2, 0.25) is 15.9 Å². The minimum atomic E-state index is -3.28. The van der Waals surface area contributed by atoms with Gasteiger partial charge in [-0.05, 0) is 62.4 Å². The predicted octanol–water partition coefficient (Wildman–Crippen LogP) is 3.94. The minimum Gasteiger partial charge on any atom is -0.326 e. The first-order valence-corrected chi connectivity index (χ1v) is 11.8. The Morgan fingerprint density at radius 1 is 1.19 bits per heavy atom. The van der Waals surface area contributed by atoms with Gasteiger partial charge in [-0.1, -0.05) is 12.1 Å². The van der Waals surface area contributed by atoms with E-state index in [1.54, 1.807) is 39.9 Å². The lowest BCUT2D eigenvalue weighted by Crippen LogP contribution is -2.29. The summed E-state index contributed by atoms with van der Waals surface area (Å²) in [6.07, 6.45) is 4.02. The van der Waals surface area contributed by atoms with E-state index >= 15 is 0 Å². The third kappa shape index (κ3) is 5.89. The van der Waals surface area contributed by atoms with Crippen LogP contribution in [0.5, 0.6) is 0 Å². The molecule has 0 unspecified atom stereocenters. The fourth-order valence-corrected chi connectivity index (χ4v) is 5.80. The van der Waals surface area contributed by atoms with Crippen molar-refractivity contribution in [3.05, 3.63) is 51.7 Å². The summed E-state index contributed by atoms with van der Waals surface area (Å²) in [6.45, 7) is 3.31. The van der Waals surface area contributed by atoms with Crippen LogP contribution in [-0.2, 0) is 27.0 Å². The number of sulfonamides is 1. The first-order chi connectivity index (χ1) is 12.9. The summed E-state index contributed by atoms with van der Waals surface area (Å²) >= 11 is 1.77. The van der Waals surface area contributed by atoms with Gasteiger partial charge in [0.05, 0.1) is 5.75 Å². The van der Waals surface area contributed by atoms with Crippen LogP contribution in [0.3, 0.4) is 0 Å². The van der Waals surface area contributed by atoms with Gasteiger partial charge in [0.15, 0.2) is 0 Å². The maximum atomic E-state index is 12.5. The van der Waals surface area contributed by atoms with Gasteiger partial charge < -0.3 is 5.32 Å². The minimum absolute atomic E-state index is 0.0194. The normalized spacial score (nSPS) is 15.1. The van der Waals surface area contributed by atoms with Gasteiger partial charge in [0.1, 0.15) is 0 Å². The second kappa shape index (κ2) is 8.99. The Bertz CT molecular complexity index is 884. The number of hydrogen-bond donors (Lipinski definition) is 1. The summed E-state index contributed by atoms with van der Waals surface area (Å²) in [5.74, 6) is -0.0585. The molecule has 27 heavy (non-hydrogen) atoms. The molecule has 2 aromatic rings. The van der Waals surface area contributed by atoms with E-state index in [1.165, 1.54) is 9.75 Å². The standard InChI is InChI=1S/C20H26N2O3S2/c1-16-10-11-19(26-16)8-5-9-20(23)21-18-7-4-6-17(14-18)15-27(24,25)22-12-2-3-13-22/h4,6-7,10-11,14H,2-3,5,8-9,12-13,15H2,1H3,(H,21,23). The molecular weight excluding hydrogens is 380 g/mol. The van der Waals surface area contributed by atoms with Gasteiger partial charge >= 0.3 is 0 Å². The van der Waals surface area contributed by atoms with Crippen molar-refractivity contribution in [3.63, 3.8) is 0 Å². The highest BCUT2D eigenvalue weighted by atomic mass is 32.2. The molecule has 0 spiro atoms. The summed E-state index contributed by atoms with van der Waals surface area (Å²) in [7, 11) is -3.28. The zero-order valence-corrected chi connectivity index (χ0v) is 17.2. The molecule has 1 saturated heterocycles. The molecule has 146 valence electrons. The Hall–Kier alpha value is -1.70. The lowest BCUT2D eigenvalue weighted by atomic mass is 10.2. The van der Waals surface area contributed by atoms with E-state index in [1.807, 2.05) is 0 Å². The van der Waals surface area contributed by atoms with Crippen molar-refractivity contribution in [2.24, 2.45) is 0 Å². The molecule has 7 heteroatoms. The lowest BCUT2D eigenvalue weighted by Gasteiger charge is -2.15. The Kier molecular flexibility index (Phi) is 6.68. The summed E-state index contributed by atoms with van der Waals surface area (Å²) in [5, 5.41) is 2.89. The fraction of sp³-hybridized carbons (Fsp3) is 0.450. The van der Waals surface area contributed by atoms with E-state index in [0.29, 0.717) is 30.8 Å². The van der Waals surface area contributed by atoms with Crippen LogP contribution in [0.15, 0.2) is 36.4 Å². The van der Waals surface area contributed by atoms with Crippen LogP contribution in [0, 0.1) is 6.92 Å². The fourth-order valence-electron chi connectivity index (χ4n) is 3.27. The molecule has 1 aromatic heterocycles. The van der Waals surface area contributed by atoms with Crippen molar-refractivity contribution in [2.45, 2.75) is 44.8 Å². The van der Waals surface area contributed by atoms with Crippen LogP contribution in [0.4, 0.5) is 5.69 Å². The zero-order chi connectivity index (χ0) is 19.3. The maximum Gasteiger partial charge on any atom is 0.224 e. The molecule has 1 aliphatic heterocycles. The molecule has 1 N–H and O–H groups in total. The average Bonchev–Trinajstić information content (AvgIpc) is 3.27. The topological polar surface area (TPSA) is 66.5 Å². The predicted molar refractivity (Wildman–Crippen MR) is 110 cm³/mol. The van der Waals surface area contributed by atoms with Crippen LogP contribution >= 0.6 is 11.3 Å². The van der Waals surface area contributed by atoms with Crippen LogP contribution < -0.4 is 5.32 Å². The number of aryl methyl sites for hydroxylation is 2. The number of hydrogen-bond acceptors (Lipinski definition) is 4. The van der Waals surface area contributed by atoms with Crippen molar-refractivity contribution < 1.29 is 13.2 Å². The number of rotatable bonds is 8. The number of amides is 1. The van der Waals surface area contributed by atoms with Gasteiger partial charge in [-0.25, -0.2) is 12.7 Å². The third-order valence-corrected chi connectivity index (χ3v) is 7.55. The van der Waals surface area contributed by atoms with Crippen molar-refractivity contribution >= 4 is 33.0 Å². The van der Waals surface area contributed by atoms with E-state index in [9.17, 15) is 13.2 Å². The van der Waals surface area contributed by atoms with Crippen LogP contribution in [0.1, 0.15) is 41.0 Å². The van der Waals surface area contributed by atoms with Crippen molar-refractivity contribution in [3.8, 4) is 0 Å². The summed E-state index contributed by atoms with van der Waals surface area (Å²) in [6, 6.07) is 11.4. The van der Waals surface area contributed by atoms with Crippen molar-refractivity contribution in [1.82, 2.24) is 4.31 Å². The smallest absolute Gasteiger partial charge is 0.224 e. The molecule has 0 bridgehead atoms. The SMILES string of the molecule is Cc1ccc(CCCC(=O)Nc2cccc(CS(=O)(=O)N3CCCC3)c2)s1. The first-order valence-electron chi connectivity index (χ1n) is 9.34.